The Hall–Kier alpha value is -1.63. The molecule has 7 heteroatoms. The summed E-state index contributed by atoms with van der Waals surface area (Å²) in [7, 11) is 0. The Balaban J connectivity index is 2.71. The lowest BCUT2D eigenvalue weighted by molar-refractivity contribution is -0.141. The van der Waals surface area contributed by atoms with Crippen LogP contribution in [0.5, 0.6) is 0 Å². The largest absolute Gasteiger partial charge is 0.433 e. The van der Waals surface area contributed by atoms with Gasteiger partial charge in [0.2, 0.25) is 0 Å². The van der Waals surface area contributed by atoms with Crippen LogP contribution in [-0.4, -0.2) is 30.5 Å². The van der Waals surface area contributed by atoms with Gasteiger partial charge in [0.1, 0.15) is 5.69 Å². The lowest BCUT2D eigenvalue weighted by Gasteiger charge is -2.10. The molecule has 0 aliphatic heterocycles. The molecule has 106 valence electrons. The van der Waals surface area contributed by atoms with Crippen molar-refractivity contribution >= 4 is 5.91 Å². The zero-order valence-corrected chi connectivity index (χ0v) is 10.8. The van der Waals surface area contributed by atoms with E-state index in [0.29, 0.717) is 13.1 Å². The van der Waals surface area contributed by atoms with Crippen molar-refractivity contribution in [3.05, 3.63) is 29.1 Å². The minimum atomic E-state index is -4.50. The molecule has 1 aromatic rings. The van der Waals surface area contributed by atoms with E-state index in [1.54, 1.807) is 0 Å². The van der Waals surface area contributed by atoms with Crippen molar-refractivity contribution in [3.63, 3.8) is 0 Å². The van der Waals surface area contributed by atoms with Crippen LogP contribution in [-0.2, 0) is 6.18 Å². The molecule has 4 nitrogen and oxygen atoms in total. The smallest absolute Gasteiger partial charge is 0.351 e. The summed E-state index contributed by atoms with van der Waals surface area (Å²) in [5.74, 6) is -0.420. The molecule has 1 heterocycles. The predicted molar refractivity (Wildman–Crippen MR) is 64.9 cm³/mol. The topological polar surface area (TPSA) is 54.0 Å². The molecule has 0 spiro atoms. The van der Waals surface area contributed by atoms with Crippen molar-refractivity contribution in [2.45, 2.75) is 20.0 Å². The van der Waals surface area contributed by atoms with Crippen LogP contribution in [0.25, 0.3) is 0 Å². The molecule has 2 N–H and O–H groups in total. The van der Waals surface area contributed by atoms with Crippen LogP contribution >= 0.6 is 0 Å². The van der Waals surface area contributed by atoms with E-state index in [9.17, 15) is 18.0 Å². The third-order valence-electron chi connectivity index (χ3n) is 2.46. The van der Waals surface area contributed by atoms with Gasteiger partial charge in [-0.15, -0.1) is 0 Å². The first-order chi connectivity index (χ1) is 8.86. The molecule has 0 atom stereocenters. The molecule has 0 saturated carbocycles. The minimum absolute atomic E-state index is 0.0655. The third-order valence-corrected chi connectivity index (χ3v) is 2.46. The number of carbonyl (C=O) groups excluding carboxylic acids is 1. The first-order valence-corrected chi connectivity index (χ1v) is 5.90. The molecular formula is C12H16F3N3O. The van der Waals surface area contributed by atoms with Gasteiger partial charge >= 0.3 is 6.18 Å². The second kappa shape index (κ2) is 6.51. The Kier molecular flexibility index (Phi) is 5.29. The molecule has 1 aromatic heterocycles. The van der Waals surface area contributed by atoms with Crippen molar-refractivity contribution in [2.24, 2.45) is 0 Å². The van der Waals surface area contributed by atoms with Gasteiger partial charge in [0.15, 0.2) is 0 Å². The standard InChI is InChI=1S/C12H16F3N3O/c1-3-16-6-7-17-11(19)9-4-5-10(12(13,14)15)18-8(9)2/h4-5,16H,3,6-7H2,1-2H3,(H,17,19). The molecule has 0 unspecified atom stereocenters. The van der Waals surface area contributed by atoms with Gasteiger partial charge in [0.05, 0.1) is 11.3 Å². The van der Waals surface area contributed by atoms with Gasteiger partial charge in [0, 0.05) is 13.1 Å². The number of likely N-dealkylation sites (N-methyl/N-ethyl adjacent to an activating group) is 1. The molecule has 1 amide bonds. The van der Waals surface area contributed by atoms with Crippen molar-refractivity contribution in [2.75, 3.05) is 19.6 Å². The number of pyridine rings is 1. The van der Waals surface area contributed by atoms with E-state index in [2.05, 4.69) is 15.6 Å². The maximum absolute atomic E-state index is 12.4. The van der Waals surface area contributed by atoms with Crippen LogP contribution in [0, 0.1) is 6.92 Å². The summed E-state index contributed by atoms with van der Waals surface area (Å²) in [4.78, 5) is 15.1. The predicted octanol–water partition coefficient (Wildman–Crippen LogP) is 1.75. The lowest BCUT2D eigenvalue weighted by Crippen LogP contribution is -2.32. The zero-order valence-electron chi connectivity index (χ0n) is 10.8. The molecule has 0 saturated heterocycles. The summed E-state index contributed by atoms with van der Waals surface area (Å²) in [5, 5.41) is 5.63. The SMILES string of the molecule is CCNCCNC(=O)c1ccc(C(F)(F)F)nc1C. The summed E-state index contributed by atoms with van der Waals surface area (Å²) in [5.41, 5.74) is -0.769. The van der Waals surface area contributed by atoms with Gasteiger partial charge in [0.25, 0.3) is 5.91 Å². The number of hydrogen-bond donors (Lipinski definition) is 2. The van der Waals surface area contributed by atoms with Crippen LogP contribution in [0.3, 0.4) is 0 Å². The van der Waals surface area contributed by atoms with E-state index in [1.807, 2.05) is 6.92 Å². The van der Waals surface area contributed by atoms with Gasteiger partial charge in [-0.3, -0.25) is 4.79 Å². The number of aryl methyl sites for hydroxylation is 1. The van der Waals surface area contributed by atoms with Crippen molar-refractivity contribution < 1.29 is 18.0 Å². The van der Waals surface area contributed by atoms with Gasteiger partial charge in [-0.25, -0.2) is 4.98 Å². The third kappa shape index (κ3) is 4.51. The number of halogens is 3. The Morgan fingerprint density at radius 3 is 2.53 bits per heavy atom. The highest BCUT2D eigenvalue weighted by atomic mass is 19.4. The van der Waals surface area contributed by atoms with Crippen LogP contribution < -0.4 is 10.6 Å². The molecule has 0 aliphatic carbocycles. The number of amides is 1. The maximum Gasteiger partial charge on any atom is 0.433 e. The molecule has 0 radical (unpaired) electrons. The summed E-state index contributed by atoms with van der Waals surface area (Å²) >= 11 is 0. The fourth-order valence-corrected chi connectivity index (χ4v) is 1.50. The van der Waals surface area contributed by atoms with Gasteiger partial charge < -0.3 is 10.6 Å². The fourth-order valence-electron chi connectivity index (χ4n) is 1.50. The van der Waals surface area contributed by atoms with E-state index >= 15 is 0 Å². The second-order valence-electron chi connectivity index (χ2n) is 3.94. The van der Waals surface area contributed by atoms with Crippen LogP contribution in [0.4, 0.5) is 13.2 Å². The van der Waals surface area contributed by atoms with Gasteiger partial charge in [-0.1, -0.05) is 6.92 Å². The first-order valence-electron chi connectivity index (χ1n) is 5.90. The first kappa shape index (κ1) is 15.4. The number of alkyl halides is 3. The Morgan fingerprint density at radius 2 is 2.00 bits per heavy atom. The molecule has 0 aliphatic rings. The lowest BCUT2D eigenvalue weighted by atomic mass is 10.1. The number of hydrogen-bond acceptors (Lipinski definition) is 3. The van der Waals surface area contributed by atoms with Crippen LogP contribution in [0.1, 0.15) is 28.7 Å². The van der Waals surface area contributed by atoms with E-state index in [1.165, 1.54) is 6.92 Å². The minimum Gasteiger partial charge on any atom is -0.351 e. The van der Waals surface area contributed by atoms with E-state index in [0.717, 1.165) is 18.7 Å². The average molecular weight is 275 g/mol. The fraction of sp³-hybridized carbons (Fsp3) is 0.500. The molecule has 19 heavy (non-hydrogen) atoms. The Morgan fingerprint density at radius 1 is 1.32 bits per heavy atom. The summed E-state index contributed by atoms with van der Waals surface area (Å²) in [6.07, 6.45) is -4.50. The Labute approximate surface area is 109 Å². The molecule has 0 bridgehead atoms. The van der Waals surface area contributed by atoms with Gasteiger partial charge in [-0.05, 0) is 25.6 Å². The van der Waals surface area contributed by atoms with Crippen molar-refractivity contribution in [1.29, 1.82) is 0 Å². The normalized spacial score (nSPS) is 11.4. The Bertz CT molecular complexity index is 446. The molecule has 1 rings (SSSR count). The summed E-state index contributed by atoms with van der Waals surface area (Å²) in [6.45, 7) is 5.12. The van der Waals surface area contributed by atoms with Crippen molar-refractivity contribution in [1.82, 2.24) is 15.6 Å². The summed E-state index contributed by atoms with van der Waals surface area (Å²) in [6, 6.07) is 1.96. The highest BCUT2D eigenvalue weighted by Crippen LogP contribution is 2.28. The average Bonchev–Trinajstić information content (AvgIpc) is 2.33. The monoisotopic (exact) mass is 275 g/mol. The second-order valence-corrected chi connectivity index (χ2v) is 3.94. The van der Waals surface area contributed by atoms with E-state index in [-0.39, 0.29) is 11.3 Å². The number of nitrogens with one attached hydrogen (secondary N) is 2. The quantitative estimate of drug-likeness (QED) is 0.805. The number of nitrogens with zero attached hydrogens (tertiary/aromatic N) is 1. The molecular weight excluding hydrogens is 259 g/mol. The highest BCUT2D eigenvalue weighted by Gasteiger charge is 2.32. The number of aromatic nitrogens is 1. The maximum atomic E-state index is 12.4. The summed E-state index contributed by atoms with van der Waals surface area (Å²) < 4.78 is 37.3. The number of rotatable bonds is 5. The van der Waals surface area contributed by atoms with E-state index in [4.69, 9.17) is 0 Å². The van der Waals surface area contributed by atoms with Crippen molar-refractivity contribution in [3.8, 4) is 0 Å². The van der Waals surface area contributed by atoms with Crippen LogP contribution in [0.15, 0.2) is 12.1 Å². The zero-order chi connectivity index (χ0) is 14.5. The number of carbonyl (C=O) groups is 1. The highest BCUT2D eigenvalue weighted by molar-refractivity contribution is 5.95. The van der Waals surface area contributed by atoms with E-state index < -0.39 is 17.8 Å². The van der Waals surface area contributed by atoms with Gasteiger partial charge in [-0.2, -0.15) is 13.2 Å². The molecule has 0 fully saturated rings. The van der Waals surface area contributed by atoms with Crippen LogP contribution in [0.2, 0.25) is 0 Å². The molecule has 0 aromatic carbocycles.